The summed E-state index contributed by atoms with van der Waals surface area (Å²) in [5.41, 5.74) is 12.0. The van der Waals surface area contributed by atoms with E-state index in [0.29, 0.717) is 23.7 Å². The van der Waals surface area contributed by atoms with E-state index in [2.05, 4.69) is 10.3 Å². The predicted octanol–water partition coefficient (Wildman–Crippen LogP) is 1.19. The number of rotatable bonds is 5. The molecule has 1 aromatic carbocycles. The summed E-state index contributed by atoms with van der Waals surface area (Å²) in [5, 5.41) is 4.85. The number of benzene rings is 1. The molecule has 0 unspecified atom stereocenters. The van der Waals surface area contributed by atoms with Gasteiger partial charge in [-0.25, -0.2) is 4.98 Å². The summed E-state index contributed by atoms with van der Waals surface area (Å²) in [6.07, 6.45) is 2.25. The second-order valence-electron chi connectivity index (χ2n) is 6.53. The maximum absolute atomic E-state index is 11.8. The fourth-order valence-electron chi connectivity index (χ4n) is 2.94. The predicted molar refractivity (Wildman–Crippen MR) is 95.9 cm³/mol. The van der Waals surface area contributed by atoms with E-state index in [-0.39, 0.29) is 18.2 Å². The number of carbonyl (C=O) groups is 1. The molecule has 1 fully saturated rings. The number of pyridine rings is 1. The second-order valence-corrected chi connectivity index (χ2v) is 6.53. The van der Waals surface area contributed by atoms with E-state index < -0.39 is 5.91 Å². The number of amides is 1. The minimum Gasteiger partial charge on any atom is -0.490 e. The molecule has 1 saturated heterocycles. The molecule has 5 N–H and O–H groups in total. The zero-order valence-electron chi connectivity index (χ0n) is 14.5. The molecule has 2 atom stereocenters. The summed E-state index contributed by atoms with van der Waals surface area (Å²) < 4.78 is 11.8. The van der Waals surface area contributed by atoms with Crippen molar-refractivity contribution in [1.82, 2.24) is 10.3 Å². The van der Waals surface area contributed by atoms with Gasteiger partial charge >= 0.3 is 0 Å². The molecule has 0 radical (unpaired) electrons. The first-order valence-electron chi connectivity index (χ1n) is 8.48. The zero-order chi connectivity index (χ0) is 18.0. The molecule has 1 amide bonds. The van der Waals surface area contributed by atoms with Crippen LogP contribution in [0.3, 0.4) is 0 Å². The monoisotopic (exact) mass is 344 g/mol. The standard InChI is InChI=1S/C18H24N4O3/c1-10(2)24-15-8-12-11(7-13(15)17(20)23)3-6-22-18(12)25-16-9-21-5-4-14(16)19/h3,6-8,10,14,16,21H,4-5,9,19H2,1-2H3,(H2,20,23)/t14-,16-/m0/s1. The average molecular weight is 344 g/mol. The van der Waals surface area contributed by atoms with Crippen LogP contribution in [0.2, 0.25) is 0 Å². The summed E-state index contributed by atoms with van der Waals surface area (Å²) in [6.45, 7) is 5.34. The van der Waals surface area contributed by atoms with E-state index in [1.54, 1.807) is 18.3 Å². The molecular weight excluding hydrogens is 320 g/mol. The Morgan fingerprint density at radius 2 is 2.20 bits per heavy atom. The van der Waals surface area contributed by atoms with Crippen LogP contribution >= 0.6 is 0 Å². The second kappa shape index (κ2) is 7.25. The van der Waals surface area contributed by atoms with Gasteiger partial charge in [-0.2, -0.15) is 0 Å². The molecular formula is C18H24N4O3. The topological polar surface area (TPSA) is 112 Å². The minimum atomic E-state index is -0.532. The van der Waals surface area contributed by atoms with Crippen LogP contribution in [0.25, 0.3) is 10.8 Å². The van der Waals surface area contributed by atoms with Crippen LogP contribution in [-0.2, 0) is 0 Å². The molecule has 7 nitrogen and oxygen atoms in total. The number of ether oxygens (including phenoxy) is 2. The number of primary amides is 1. The number of fused-ring (bicyclic) bond motifs is 1. The molecule has 3 rings (SSSR count). The molecule has 2 heterocycles. The number of nitrogens with zero attached hydrogens (tertiary/aromatic N) is 1. The minimum absolute atomic E-state index is 0.0467. The maximum Gasteiger partial charge on any atom is 0.252 e. The van der Waals surface area contributed by atoms with Crippen molar-refractivity contribution in [2.45, 2.75) is 38.5 Å². The van der Waals surface area contributed by atoms with Crippen molar-refractivity contribution in [1.29, 1.82) is 0 Å². The Bertz CT molecular complexity index is 778. The van der Waals surface area contributed by atoms with Gasteiger partial charge in [0.2, 0.25) is 5.88 Å². The Labute approximate surface area is 146 Å². The van der Waals surface area contributed by atoms with Gasteiger partial charge in [0.15, 0.2) is 0 Å². The molecule has 0 spiro atoms. The smallest absolute Gasteiger partial charge is 0.252 e. The Morgan fingerprint density at radius 3 is 2.88 bits per heavy atom. The Balaban J connectivity index is 2.02. The molecule has 0 aliphatic carbocycles. The number of nitrogens with one attached hydrogen (secondary N) is 1. The van der Waals surface area contributed by atoms with Crippen LogP contribution in [0.1, 0.15) is 30.6 Å². The lowest BCUT2D eigenvalue weighted by Gasteiger charge is -2.29. The van der Waals surface area contributed by atoms with Gasteiger partial charge in [0, 0.05) is 24.2 Å². The van der Waals surface area contributed by atoms with E-state index in [4.69, 9.17) is 20.9 Å². The highest BCUT2D eigenvalue weighted by atomic mass is 16.5. The number of hydrogen-bond acceptors (Lipinski definition) is 6. The summed E-state index contributed by atoms with van der Waals surface area (Å²) in [4.78, 5) is 16.1. The molecule has 0 saturated carbocycles. The molecule has 25 heavy (non-hydrogen) atoms. The van der Waals surface area contributed by atoms with Crippen molar-refractivity contribution in [2.24, 2.45) is 11.5 Å². The fourth-order valence-corrected chi connectivity index (χ4v) is 2.94. The fraction of sp³-hybridized carbons (Fsp3) is 0.444. The van der Waals surface area contributed by atoms with E-state index in [0.717, 1.165) is 23.7 Å². The highest BCUT2D eigenvalue weighted by Gasteiger charge is 2.25. The van der Waals surface area contributed by atoms with Crippen molar-refractivity contribution in [2.75, 3.05) is 13.1 Å². The third kappa shape index (κ3) is 3.83. The van der Waals surface area contributed by atoms with Crippen molar-refractivity contribution < 1.29 is 14.3 Å². The van der Waals surface area contributed by atoms with Crippen molar-refractivity contribution in [3.8, 4) is 11.6 Å². The van der Waals surface area contributed by atoms with Crippen LogP contribution in [0.5, 0.6) is 11.6 Å². The van der Waals surface area contributed by atoms with E-state index >= 15 is 0 Å². The van der Waals surface area contributed by atoms with Gasteiger partial charge in [-0.15, -0.1) is 0 Å². The highest BCUT2D eigenvalue weighted by Crippen LogP contribution is 2.32. The molecule has 134 valence electrons. The maximum atomic E-state index is 11.8. The van der Waals surface area contributed by atoms with E-state index in [1.807, 2.05) is 19.9 Å². The van der Waals surface area contributed by atoms with Crippen LogP contribution in [-0.4, -0.2) is 42.2 Å². The van der Waals surface area contributed by atoms with Crippen molar-refractivity contribution in [3.63, 3.8) is 0 Å². The van der Waals surface area contributed by atoms with Crippen LogP contribution in [0.15, 0.2) is 24.4 Å². The molecule has 2 aromatic rings. The average Bonchev–Trinajstić information content (AvgIpc) is 2.56. The Morgan fingerprint density at radius 1 is 1.40 bits per heavy atom. The largest absolute Gasteiger partial charge is 0.490 e. The zero-order valence-corrected chi connectivity index (χ0v) is 14.5. The quantitative estimate of drug-likeness (QED) is 0.751. The summed E-state index contributed by atoms with van der Waals surface area (Å²) in [6, 6.07) is 5.24. The van der Waals surface area contributed by atoms with Gasteiger partial charge in [0.25, 0.3) is 5.91 Å². The van der Waals surface area contributed by atoms with Gasteiger partial charge in [0.05, 0.1) is 11.7 Å². The van der Waals surface area contributed by atoms with Crippen LogP contribution < -0.4 is 26.3 Å². The number of carbonyl (C=O) groups excluding carboxylic acids is 1. The lowest BCUT2D eigenvalue weighted by molar-refractivity contribution is 0.0994. The third-order valence-electron chi connectivity index (χ3n) is 4.20. The van der Waals surface area contributed by atoms with E-state index in [1.165, 1.54) is 0 Å². The van der Waals surface area contributed by atoms with Gasteiger partial charge in [-0.05, 0) is 50.4 Å². The van der Waals surface area contributed by atoms with E-state index in [9.17, 15) is 4.79 Å². The highest BCUT2D eigenvalue weighted by molar-refractivity contribution is 6.01. The first-order chi connectivity index (χ1) is 12.0. The number of nitrogens with two attached hydrogens (primary N) is 2. The molecule has 1 aliphatic heterocycles. The molecule has 7 heteroatoms. The Kier molecular flexibility index (Phi) is 5.06. The number of aromatic nitrogens is 1. The lowest BCUT2D eigenvalue weighted by Crippen LogP contribution is -2.51. The van der Waals surface area contributed by atoms with Crippen molar-refractivity contribution in [3.05, 3.63) is 30.0 Å². The first-order valence-corrected chi connectivity index (χ1v) is 8.48. The molecule has 0 bridgehead atoms. The lowest BCUT2D eigenvalue weighted by atomic mass is 10.0. The molecule has 1 aromatic heterocycles. The SMILES string of the molecule is CC(C)Oc1cc2c(O[C@H]3CNCC[C@@H]3N)nccc2cc1C(N)=O. The summed E-state index contributed by atoms with van der Waals surface area (Å²) in [5.74, 6) is 0.375. The molecule has 1 aliphatic rings. The number of piperidine rings is 1. The first kappa shape index (κ1) is 17.4. The Hall–Kier alpha value is -2.38. The van der Waals surface area contributed by atoms with Gasteiger partial charge in [-0.1, -0.05) is 0 Å². The van der Waals surface area contributed by atoms with Crippen LogP contribution in [0.4, 0.5) is 0 Å². The van der Waals surface area contributed by atoms with Gasteiger partial charge in [-0.3, -0.25) is 4.79 Å². The third-order valence-corrected chi connectivity index (χ3v) is 4.20. The van der Waals surface area contributed by atoms with Gasteiger partial charge < -0.3 is 26.3 Å². The van der Waals surface area contributed by atoms with Gasteiger partial charge in [0.1, 0.15) is 11.9 Å². The summed E-state index contributed by atoms with van der Waals surface area (Å²) in [7, 11) is 0. The van der Waals surface area contributed by atoms with Crippen LogP contribution in [0, 0.1) is 0 Å². The number of hydrogen-bond donors (Lipinski definition) is 3. The van der Waals surface area contributed by atoms with Crippen molar-refractivity contribution >= 4 is 16.7 Å². The normalized spacial score (nSPS) is 20.6. The summed E-state index contributed by atoms with van der Waals surface area (Å²) >= 11 is 0.